The summed E-state index contributed by atoms with van der Waals surface area (Å²) >= 11 is 1.77. The molecule has 21 heavy (non-hydrogen) atoms. The molecule has 3 aromatic carbocycles. The molecule has 0 atom stereocenters. The minimum absolute atomic E-state index is 0.963. The Labute approximate surface area is 127 Å². The fourth-order valence-electron chi connectivity index (χ4n) is 2.69. The Balaban J connectivity index is 1.99. The van der Waals surface area contributed by atoms with Crippen LogP contribution in [-0.2, 0) is 0 Å². The van der Waals surface area contributed by atoms with Gasteiger partial charge in [0.2, 0.25) is 0 Å². The van der Waals surface area contributed by atoms with Gasteiger partial charge in [-0.3, -0.25) is 0 Å². The Kier molecular flexibility index (Phi) is 2.97. The molecule has 0 aliphatic carbocycles. The monoisotopic (exact) mass is 290 g/mol. The number of fused-ring (bicyclic) bond motifs is 3. The summed E-state index contributed by atoms with van der Waals surface area (Å²) in [6, 6.07) is 23.1. The Bertz CT molecular complexity index is 922. The number of benzene rings is 3. The van der Waals surface area contributed by atoms with Crippen molar-refractivity contribution >= 4 is 33.5 Å². The van der Waals surface area contributed by atoms with Gasteiger partial charge in [-0.1, -0.05) is 60.3 Å². The summed E-state index contributed by atoms with van der Waals surface area (Å²) in [5, 5.41) is 3.73. The largest absolute Gasteiger partial charge is 0.460 e. The van der Waals surface area contributed by atoms with Gasteiger partial charge in [0.1, 0.15) is 11.3 Å². The lowest BCUT2D eigenvalue weighted by Crippen LogP contribution is -1.77. The number of rotatable bonds is 2. The smallest absolute Gasteiger partial charge is 0.136 e. The number of furan rings is 1. The summed E-state index contributed by atoms with van der Waals surface area (Å²) in [5.74, 6) is 0.982. The van der Waals surface area contributed by atoms with E-state index < -0.39 is 0 Å². The lowest BCUT2D eigenvalue weighted by molar-refractivity contribution is 0.568. The first kappa shape index (κ1) is 12.5. The third-order valence-electron chi connectivity index (χ3n) is 3.66. The first-order valence-corrected chi connectivity index (χ1v) is 7.78. The van der Waals surface area contributed by atoms with E-state index in [1.807, 2.05) is 13.0 Å². The van der Waals surface area contributed by atoms with Crippen LogP contribution in [0, 0.1) is 6.92 Å². The van der Waals surface area contributed by atoms with Crippen molar-refractivity contribution in [3.05, 3.63) is 72.5 Å². The maximum absolute atomic E-state index is 5.96. The predicted octanol–water partition coefficient (Wildman–Crippen LogP) is 6.05. The molecule has 0 N–H and O–H groups in total. The van der Waals surface area contributed by atoms with Crippen LogP contribution >= 0.6 is 11.8 Å². The topological polar surface area (TPSA) is 13.1 Å². The third-order valence-corrected chi connectivity index (χ3v) is 4.87. The number of aryl methyl sites for hydroxylation is 1. The molecule has 1 heterocycles. The average Bonchev–Trinajstić information content (AvgIpc) is 2.85. The van der Waals surface area contributed by atoms with Crippen LogP contribution in [0.2, 0.25) is 0 Å². The summed E-state index contributed by atoms with van der Waals surface area (Å²) in [7, 11) is 0. The van der Waals surface area contributed by atoms with Gasteiger partial charge < -0.3 is 4.42 Å². The van der Waals surface area contributed by atoms with E-state index in [1.165, 1.54) is 25.9 Å². The van der Waals surface area contributed by atoms with Gasteiger partial charge in [0.25, 0.3) is 0 Å². The fourth-order valence-corrected chi connectivity index (χ4v) is 3.71. The molecule has 0 unspecified atom stereocenters. The second-order valence-corrected chi connectivity index (χ2v) is 6.15. The van der Waals surface area contributed by atoms with Crippen LogP contribution in [0.5, 0.6) is 0 Å². The molecular weight excluding hydrogens is 276 g/mol. The minimum Gasteiger partial charge on any atom is -0.460 e. The Morgan fingerprint density at radius 1 is 0.810 bits per heavy atom. The van der Waals surface area contributed by atoms with Crippen molar-refractivity contribution in [2.45, 2.75) is 16.7 Å². The van der Waals surface area contributed by atoms with E-state index in [1.54, 1.807) is 11.8 Å². The Morgan fingerprint density at radius 2 is 1.57 bits per heavy atom. The zero-order valence-electron chi connectivity index (χ0n) is 11.7. The third kappa shape index (κ3) is 2.12. The van der Waals surface area contributed by atoms with Crippen LogP contribution in [0.3, 0.4) is 0 Å². The fraction of sp³-hybridized carbons (Fsp3) is 0.0526. The zero-order chi connectivity index (χ0) is 14.2. The molecule has 0 fully saturated rings. The lowest BCUT2D eigenvalue weighted by atomic mass is 10.1. The molecule has 0 amide bonds. The van der Waals surface area contributed by atoms with Crippen molar-refractivity contribution in [3.8, 4) is 0 Å². The molecule has 0 bridgehead atoms. The standard InChI is InChI=1S/C19H14OS/c1-13-19(21-15-8-3-2-4-9-15)18-16-10-6-5-7-14(16)11-12-17(18)20-13/h2-12H,1H3. The van der Waals surface area contributed by atoms with Crippen LogP contribution in [0.1, 0.15) is 5.76 Å². The molecule has 1 aromatic heterocycles. The van der Waals surface area contributed by atoms with E-state index in [4.69, 9.17) is 4.42 Å². The summed E-state index contributed by atoms with van der Waals surface area (Å²) in [6.45, 7) is 2.04. The van der Waals surface area contributed by atoms with E-state index in [0.29, 0.717) is 0 Å². The van der Waals surface area contributed by atoms with Crippen LogP contribution in [-0.4, -0.2) is 0 Å². The van der Waals surface area contributed by atoms with Crippen LogP contribution < -0.4 is 0 Å². The van der Waals surface area contributed by atoms with Gasteiger partial charge >= 0.3 is 0 Å². The molecular formula is C19H14OS. The summed E-state index contributed by atoms with van der Waals surface area (Å²) < 4.78 is 5.96. The van der Waals surface area contributed by atoms with E-state index in [0.717, 1.165) is 11.3 Å². The van der Waals surface area contributed by atoms with Gasteiger partial charge in [-0.25, -0.2) is 0 Å². The van der Waals surface area contributed by atoms with Crippen molar-refractivity contribution in [3.63, 3.8) is 0 Å². The average molecular weight is 290 g/mol. The molecule has 0 aliphatic rings. The quantitative estimate of drug-likeness (QED) is 0.446. The molecule has 0 saturated heterocycles. The molecule has 102 valence electrons. The molecule has 0 aliphatic heterocycles. The second-order valence-electron chi connectivity index (χ2n) is 5.06. The molecule has 1 nitrogen and oxygen atoms in total. The predicted molar refractivity (Wildman–Crippen MR) is 89.0 cm³/mol. The van der Waals surface area contributed by atoms with Gasteiger partial charge in [0, 0.05) is 10.3 Å². The van der Waals surface area contributed by atoms with Gasteiger partial charge in [-0.15, -0.1) is 0 Å². The van der Waals surface area contributed by atoms with Crippen molar-refractivity contribution < 1.29 is 4.42 Å². The van der Waals surface area contributed by atoms with Crippen LogP contribution in [0.25, 0.3) is 21.7 Å². The second kappa shape index (κ2) is 4.97. The van der Waals surface area contributed by atoms with Gasteiger partial charge in [0.05, 0.1) is 4.90 Å². The summed E-state index contributed by atoms with van der Waals surface area (Å²) in [4.78, 5) is 2.45. The van der Waals surface area contributed by atoms with E-state index >= 15 is 0 Å². The maximum atomic E-state index is 5.96. The van der Waals surface area contributed by atoms with Crippen LogP contribution in [0.4, 0.5) is 0 Å². The Morgan fingerprint density at radius 3 is 2.43 bits per heavy atom. The molecule has 4 aromatic rings. The van der Waals surface area contributed by atoms with Gasteiger partial charge in [-0.2, -0.15) is 0 Å². The van der Waals surface area contributed by atoms with Crippen molar-refractivity contribution in [1.29, 1.82) is 0 Å². The normalized spacial score (nSPS) is 11.3. The summed E-state index contributed by atoms with van der Waals surface area (Å²) in [6.07, 6.45) is 0. The molecule has 0 saturated carbocycles. The Hall–Kier alpha value is -2.19. The zero-order valence-corrected chi connectivity index (χ0v) is 12.5. The van der Waals surface area contributed by atoms with E-state index in [-0.39, 0.29) is 0 Å². The van der Waals surface area contributed by atoms with Crippen molar-refractivity contribution in [2.24, 2.45) is 0 Å². The first-order valence-electron chi connectivity index (χ1n) is 6.97. The van der Waals surface area contributed by atoms with Crippen molar-refractivity contribution in [2.75, 3.05) is 0 Å². The van der Waals surface area contributed by atoms with Crippen LogP contribution in [0.15, 0.2) is 80.9 Å². The van der Waals surface area contributed by atoms with Gasteiger partial charge in [-0.05, 0) is 35.9 Å². The molecule has 0 radical (unpaired) electrons. The van der Waals surface area contributed by atoms with E-state index in [2.05, 4.69) is 60.7 Å². The SMILES string of the molecule is Cc1oc2ccc3ccccc3c2c1Sc1ccccc1. The highest BCUT2D eigenvalue weighted by Gasteiger charge is 2.14. The molecule has 4 rings (SSSR count). The summed E-state index contributed by atoms with van der Waals surface area (Å²) in [5.41, 5.74) is 0.963. The maximum Gasteiger partial charge on any atom is 0.136 e. The highest BCUT2D eigenvalue weighted by molar-refractivity contribution is 7.99. The number of hydrogen-bond acceptors (Lipinski definition) is 2. The number of hydrogen-bond donors (Lipinski definition) is 0. The first-order chi connectivity index (χ1) is 10.3. The highest BCUT2D eigenvalue weighted by atomic mass is 32.2. The lowest BCUT2D eigenvalue weighted by Gasteiger charge is -2.03. The molecule has 0 spiro atoms. The van der Waals surface area contributed by atoms with E-state index in [9.17, 15) is 0 Å². The molecule has 2 heteroatoms. The highest BCUT2D eigenvalue weighted by Crippen LogP contribution is 2.41. The van der Waals surface area contributed by atoms with Crippen molar-refractivity contribution in [1.82, 2.24) is 0 Å². The van der Waals surface area contributed by atoms with Gasteiger partial charge in [0.15, 0.2) is 0 Å². The minimum atomic E-state index is 0.963.